The minimum absolute atomic E-state index is 0.0406. The van der Waals surface area contributed by atoms with Crippen molar-refractivity contribution in [2.45, 2.75) is 12.5 Å². The van der Waals surface area contributed by atoms with Crippen LogP contribution in [0.4, 0.5) is 4.39 Å². The lowest BCUT2D eigenvalue weighted by Crippen LogP contribution is -2.14. The summed E-state index contributed by atoms with van der Waals surface area (Å²) >= 11 is 0. The molecule has 1 heterocycles. The molecule has 0 unspecified atom stereocenters. The zero-order valence-electron chi connectivity index (χ0n) is 8.03. The van der Waals surface area contributed by atoms with E-state index in [1.165, 1.54) is 6.07 Å². The third-order valence-electron chi connectivity index (χ3n) is 2.39. The molecule has 4 heteroatoms. The summed E-state index contributed by atoms with van der Waals surface area (Å²) in [4.78, 5) is 10.9. The summed E-state index contributed by atoms with van der Waals surface area (Å²) in [5.41, 5.74) is 6.06. The van der Waals surface area contributed by atoms with Gasteiger partial charge in [0.25, 0.3) is 0 Å². The van der Waals surface area contributed by atoms with Crippen LogP contribution in [0.2, 0.25) is 0 Å². The van der Waals surface area contributed by atoms with Crippen LogP contribution in [0.5, 0.6) is 0 Å². The Bertz CT molecular complexity index is 421. The summed E-state index contributed by atoms with van der Waals surface area (Å²) in [7, 11) is 0. The fourth-order valence-electron chi connectivity index (χ4n) is 1.64. The molecule has 1 aromatic rings. The van der Waals surface area contributed by atoms with Crippen LogP contribution < -0.4 is 11.1 Å². The maximum atomic E-state index is 13.2. The first-order chi connectivity index (χ1) is 7.16. The van der Waals surface area contributed by atoms with E-state index in [2.05, 4.69) is 5.32 Å². The van der Waals surface area contributed by atoms with Crippen molar-refractivity contribution >= 4 is 5.91 Å². The molecule has 3 N–H and O–H groups in total. The second-order valence-corrected chi connectivity index (χ2v) is 3.49. The van der Waals surface area contributed by atoms with Crippen molar-refractivity contribution in [2.24, 2.45) is 5.73 Å². The van der Waals surface area contributed by atoms with E-state index in [0.717, 1.165) is 18.1 Å². The Morgan fingerprint density at radius 2 is 2.27 bits per heavy atom. The summed E-state index contributed by atoms with van der Waals surface area (Å²) in [6, 6.07) is 4.22. The van der Waals surface area contributed by atoms with E-state index in [1.807, 2.05) is 12.3 Å². The van der Waals surface area contributed by atoms with Crippen LogP contribution in [-0.4, -0.2) is 5.91 Å². The number of nitrogens with two attached hydrogens (primary N) is 1. The first-order valence-electron chi connectivity index (χ1n) is 4.68. The third-order valence-corrected chi connectivity index (χ3v) is 2.39. The Labute approximate surface area is 86.8 Å². The lowest BCUT2D eigenvalue weighted by Gasteiger charge is -2.12. The summed E-state index contributed by atoms with van der Waals surface area (Å²) in [5.74, 6) is -1.04. The van der Waals surface area contributed by atoms with Gasteiger partial charge in [-0.25, -0.2) is 4.39 Å². The molecule has 0 radical (unpaired) electrons. The molecule has 78 valence electrons. The highest BCUT2D eigenvalue weighted by Crippen LogP contribution is 2.23. The lowest BCUT2D eigenvalue weighted by atomic mass is 10.0. The Morgan fingerprint density at radius 1 is 1.47 bits per heavy atom. The number of primary amides is 1. The van der Waals surface area contributed by atoms with Gasteiger partial charge in [-0.1, -0.05) is 6.08 Å². The first kappa shape index (κ1) is 9.71. The number of rotatable bonds is 2. The Balaban J connectivity index is 2.35. The highest BCUT2D eigenvalue weighted by atomic mass is 19.1. The van der Waals surface area contributed by atoms with Crippen LogP contribution in [0.25, 0.3) is 0 Å². The molecule has 0 saturated heterocycles. The van der Waals surface area contributed by atoms with Crippen LogP contribution in [0.1, 0.15) is 28.4 Å². The van der Waals surface area contributed by atoms with Crippen molar-refractivity contribution < 1.29 is 9.18 Å². The van der Waals surface area contributed by atoms with Crippen LogP contribution in [-0.2, 0) is 0 Å². The highest BCUT2D eigenvalue weighted by molar-refractivity contribution is 5.92. The Kier molecular flexibility index (Phi) is 2.41. The van der Waals surface area contributed by atoms with Gasteiger partial charge in [0, 0.05) is 5.56 Å². The van der Waals surface area contributed by atoms with Crippen LogP contribution in [0.3, 0.4) is 0 Å². The van der Waals surface area contributed by atoms with Crippen LogP contribution in [0.15, 0.2) is 30.5 Å². The molecule has 0 aromatic heterocycles. The molecule has 1 aliphatic rings. The van der Waals surface area contributed by atoms with Crippen LogP contribution >= 0.6 is 0 Å². The SMILES string of the molecule is NC(=O)c1cc(F)cc([C@H]2CC=CN2)c1. The van der Waals surface area contributed by atoms with E-state index in [0.29, 0.717) is 0 Å². The number of halogens is 1. The standard InChI is InChI=1S/C11H11FN2O/c12-9-5-7(10-2-1-3-14-10)4-8(6-9)11(13)15/h1,3-6,10,14H,2H2,(H2,13,15)/t10-/m1/s1. The molecule has 0 spiro atoms. The second kappa shape index (κ2) is 3.73. The van der Waals surface area contributed by atoms with E-state index in [1.54, 1.807) is 6.07 Å². The predicted octanol–water partition coefficient (Wildman–Crippen LogP) is 1.47. The number of hydrogen-bond acceptors (Lipinski definition) is 2. The van der Waals surface area contributed by atoms with Gasteiger partial charge in [0.2, 0.25) is 5.91 Å². The Hall–Kier alpha value is -1.84. The van der Waals surface area contributed by atoms with Gasteiger partial charge in [0.05, 0.1) is 6.04 Å². The fraction of sp³-hybridized carbons (Fsp3) is 0.182. The zero-order chi connectivity index (χ0) is 10.8. The summed E-state index contributed by atoms with van der Waals surface area (Å²) in [6.45, 7) is 0. The van der Waals surface area contributed by atoms with Crippen molar-refractivity contribution in [1.82, 2.24) is 5.32 Å². The number of hydrogen-bond donors (Lipinski definition) is 2. The van der Waals surface area contributed by atoms with Crippen molar-refractivity contribution in [3.63, 3.8) is 0 Å². The van der Waals surface area contributed by atoms with E-state index < -0.39 is 11.7 Å². The predicted molar refractivity (Wildman–Crippen MR) is 54.6 cm³/mol. The highest BCUT2D eigenvalue weighted by Gasteiger charge is 2.14. The summed E-state index contributed by atoms with van der Waals surface area (Å²) in [6.07, 6.45) is 4.57. The minimum Gasteiger partial charge on any atom is -0.384 e. The number of carbonyl (C=O) groups excluding carboxylic acids is 1. The van der Waals surface area contributed by atoms with Crippen molar-refractivity contribution in [2.75, 3.05) is 0 Å². The van der Waals surface area contributed by atoms with Gasteiger partial charge >= 0.3 is 0 Å². The molecule has 2 rings (SSSR count). The molecular weight excluding hydrogens is 195 g/mol. The quantitative estimate of drug-likeness (QED) is 0.769. The third kappa shape index (κ3) is 1.98. The molecule has 1 amide bonds. The number of nitrogens with one attached hydrogen (secondary N) is 1. The van der Waals surface area contributed by atoms with Crippen LogP contribution in [0, 0.1) is 5.82 Å². The average Bonchev–Trinajstić information content (AvgIpc) is 2.69. The van der Waals surface area contributed by atoms with Crippen molar-refractivity contribution in [3.05, 3.63) is 47.4 Å². The minimum atomic E-state index is -0.610. The molecule has 1 aromatic carbocycles. The van der Waals surface area contributed by atoms with Gasteiger partial charge in [-0.15, -0.1) is 0 Å². The zero-order valence-corrected chi connectivity index (χ0v) is 8.03. The molecule has 0 fully saturated rings. The summed E-state index contributed by atoms with van der Waals surface area (Å²) in [5, 5.41) is 3.07. The first-order valence-corrected chi connectivity index (χ1v) is 4.68. The topological polar surface area (TPSA) is 55.1 Å². The van der Waals surface area contributed by atoms with E-state index in [4.69, 9.17) is 5.73 Å². The van der Waals surface area contributed by atoms with E-state index in [-0.39, 0.29) is 11.6 Å². The van der Waals surface area contributed by atoms with Gasteiger partial charge in [-0.05, 0) is 36.4 Å². The molecule has 1 atom stereocenters. The molecular formula is C11H11FN2O. The van der Waals surface area contributed by atoms with E-state index >= 15 is 0 Å². The largest absolute Gasteiger partial charge is 0.384 e. The van der Waals surface area contributed by atoms with Gasteiger partial charge in [-0.3, -0.25) is 4.79 Å². The normalized spacial score (nSPS) is 18.9. The monoisotopic (exact) mass is 206 g/mol. The second-order valence-electron chi connectivity index (χ2n) is 3.49. The molecule has 0 saturated carbocycles. The maximum absolute atomic E-state index is 13.2. The van der Waals surface area contributed by atoms with Crippen molar-refractivity contribution in [3.8, 4) is 0 Å². The van der Waals surface area contributed by atoms with Gasteiger partial charge in [0.15, 0.2) is 0 Å². The Morgan fingerprint density at radius 3 is 2.87 bits per heavy atom. The fourth-order valence-corrected chi connectivity index (χ4v) is 1.64. The number of benzene rings is 1. The smallest absolute Gasteiger partial charge is 0.248 e. The molecule has 0 bridgehead atoms. The van der Waals surface area contributed by atoms with Gasteiger partial charge in [-0.2, -0.15) is 0 Å². The van der Waals surface area contributed by atoms with Gasteiger partial charge in [0.1, 0.15) is 5.82 Å². The molecule has 3 nitrogen and oxygen atoms in total. The maximum Gasteiger partial charge on any atom is 0.248 e. The van der Waals surface area contributed by atoms with E-state index in [9.17, 15) is 9.18 Å². The summed E-state index contributed by atoms with van der Waals surface area (Å²) < 4.78 is 13.2. The van der Waals surface area contributed by atoms with Gasteiger partial charge < -0.3 is 11.1 Å². The van der Waals surface area contributed by atoms with Crippen molar-refractivity contribution in [1.29, 1.82) is 0 Å². The molecule has 0 aliphatic carbocycles. The molecule has 15 heavy (non-hydrogen) atoms. The average molecular weight is 206 g/mol. The lowest BCUT2D eigenvalue weighted by molar-refractivity contribution is 0.0999. The molecule has 1 aliphatic heterocycles. The number of amides is 1. The number of carbonyl (C=O) groups is 1.